The fourth-order valence-corrected chi connectivity index (χ4v) is 2.66. The highest BCUT2D eigenvalue weighted by Gasteiger charge is 2.23. The van der Waals surface area contributed by atoms with E-state index >= 15 is 0 Å². The molecule has 0 atom stereocenters. The molecular weight excluding hydrogens is 319 g/mol. The number of carbonyl (C=O) groups excluding carboxylic acids is 1. The molecule has 4 nitrogen and oxygen atoms in total. The normalized spacial score (nSPS) is 9.94. The van der Waals surface area contributed by atoms with Crippen LogP contribution in [-0.2, 0) is 18.2 Å². The standard InChI is InChI=1S/C11H13IN2O2/c1-4-8-7(6-13)9(12)10(14(8)3)11(15)16-5-2/h4-5H2,1-3H3. The van der Waals surface area contributed by atoms with E-state index in [0.717, 1.165) is 12.1 Å². The molecule has 0 saturated carbocycles. The van der Waals surface area contributed by atoms with Gasteiger partial charge in [-0.3, -0.25) is 0 Å². The molecule has 0 radical (unpaired) electrons. The van der Waals surface area contributed by atoms with E-state index in [1.54, 1.807) is 18.5 Å². The third kappa shape index (κ3) is 2.07. The van der Waals surface area contributed by atoms with Crippen molar-refractivity contribution in [1.29, 1.82) is 5.26 Å². The van der Waals surface area contributed by atoms with Gasteiger partial charge in [-0.2, -0.15) is 5.26 Å². The molecular formula is C11H13IN2O2. The van der Waals surface area contributed by atoms with Crippen molar-refractivity contribution < 1.29 is 9.53 Å². The lowest BCUT2D eigenvalue weighted by Crippen LogP contribution is -2.12. The zero-order valence-electron chi connectivity index (χ0n) is 9.50. The molecule has 0 aromatic carbocycles. The van der Waals surface area contributed by atoms with Gasteiger partial charge in [-0.1, -0.05) is 6.92 Å². The minimum Gasteiger partial charge on any atom is -0.461 e. The number of esters is 1. The quantitative estimate of drug-likeness (QED) is 0.630. The molecule has 16 heavy (non-hydrogen) atoms. The van der Waals surface area contributed by atoms with Crippen LogP contribution in [0.2, 0.25) is 0 Å². The number of hydrogen-bond acceptors (Lipinski definition) is 3. The summed E-state index contributed by atoms with van der Waals surface area (Å²) in [4.78, 5) is 11.7. The predicted molar refractivity (Wildman–Crippen MR) is 68.2 cm³/mol. The minimum atomic E-state index is -0.370. The molecule has 0 aliphatic heterocycles. The Morgan fingerprint density at radius 1 is 1.56 bits per heavy atom. The summed E-state index contributed by atoms with van der Waals surface area (Å²) in [7, 11) is 1.79. The van der Waals surface area contributed by atoms with Crippen molar-refractivity contribution in [3.63, 3.8) is 0 Å². The van der Waals surface area contributed by atoms with Crippen LogP contribution in [0.5, 0.6) is 0 Å². The predicted octanol–water partition coefficient (Wildman–Crippen LogP) is 2.24. The van der Waals surface area contributed by atoms with Crippen LogP contribution in [0.1, 0.15) is 35.6 Å². The lowest BCUT2D eigenvalue weighted by atomic mass is 10.2. The van der Waals surface area contributed by atoms with Crippen LogP contribution in [0.3, 0.4) is 0 Å². The Morgan fingerprint density at radius 3 is 2.56 bits per heavy atom. The largest absolute Gasteiger partial charge is 0.461 e. The van der Waals surface area contributed by atoms with E-state index < -0.39 is 0 Å². The Balaban J connectivity index is 3.36. The molecule has 5 heteroatoms. The van der Waals surface area contributed by atoms with Gasteiger partial charge >= 0.3 is 5.97 Å². The van der Waals surface area contributed by atoms with Crippen LogP contribution in [0.25, 0.3) is 0 Å². The van der Waals surface area contributed by atoms with Gasteiger partial charge in [0.15, 0.2) is 0 Å². The van der Waals surface area contributed by atoms with Gasteiger partial charge in [-0.15, -0.1) is 0 Å². The second kappa shape index (κ2) is 5.34. The number of rotatable bonds is 3. The summed E-state index contributed by atoms with van der Waals surface area (Å²) in [6, 6.07) is 2.14. The molecule has 1 heterocycles. The summed E-state index contributed by atoms with van der Waals surface area (Å²) in [6.45, 7) is 4.06. The Morgan fingerprint density at radius 2 is 2.19 bits per heavy atom. The molecule has 1 aromatic rings. The first-order chi connectivity index (χ1) is 7.58. The highest BCUT2D eigenvalue weighted by molar-refractivity contribution is 14.1. The summed E-state index contributed by atoms with van der Waals surface area (Å²) >= 11 is 2.02. The number of nitriles is 1. The molecule has 0 amide bonds. The number of aromatic nitrogens is 1. The molecule has 1 rings (SSSR count). The molecule has 0 aliphatic carbocycles. The van der Waals surface area contributed by atoms with E-state index in [1.807, 2.05) is 29.5 Å². The molecule has 0 unspecified atom stereocenters. The van der Waals surface area contributed by atoms with Crippen molar-refractivity contribution in [1.82, 2.24) is 4.57 Å². The minimum absolute atomic E-state index is 0.337. The van der Waals surface area contributed by atoms with Gasteiger partial charge in [0.2, 0.25) is 0 Å². The molecule has 0 spiro atoms. The average molecular weight is 332 g/mol. The van der Waals surface area contributed by atoms with Crippen molar-refractivity contribution in [2.75, 3.05) is 6.61 Å². The van der Waals surface area contributed by atoms with Crippen molar-refractivity contribution in [2.24, 2.45) is 7.05 Å². The molecule has 86 valence electrons. The third-order valence-electron chi connectivity index (χ3n) is 2.37. The van der Waals surface area contributed by atoms with E-state index in [1.165, 1.54) is 0 Å². The monoisotopic (exact) mass is 332 g/mol. The molecule has 0 saturated heterocycles. The van der Waals surface area contributed by atoms with Gasteiger partial charge in [0.05, 0.1) is 15.7 Å². The summed E-state index contributed by atoms with van der Waals surface area (Å²) < 4.78 is 7.40. The molecule has 1 aromatic heterocycles. The number of carbonyl (C=O) groups is 1. The van der Waals surface area contributed by atoms with Gasteiger partial charge in [0.25, 0.3) is 0 Å². The number of ether oxygens (including phenoxy) is 1. The first-order valence-corrected chi connectivity index (χ1v) is 6.10. The summed E-state index contributed by atoms with van der Waals surface area (Å²) in [5, 5.41) is 9.06. The van der Waals surface area contributed by atoms with Crippen molar-refractivity contribution >= 4 is 28.6 Å². The van der Waals surface area contributed by atoms with Gasteiger partial charge in [0, 0.05) is 12.7 Å². The average Bonchev–Trinajstić information content (AvgIpc) is 2.49. The zero-order valence-corrected chi connectivity index (χ0v) is 11.7. The van der Waals surface area contributed by atoms with Crippen LogP contribution >= 0.6 is 22.6 Å². The lowest BCUT2D eigenvalue weighted by Gasteiger charge is -2.05. The second-order valence-electron chi connectivity index (χ2n) is 3.23. The van der Waals surface area contributed by atoms with E-state index in [9.17, 15) is 4.79 Å². The smallest absolute Gasteiger partial charge is 0.356 e. The Hall–Kier alpha value is -1.03. The van der Waals surface area contributed by atoms with Gasteiger partial charge < -0.3 is 9.30 Å². The van der Waals surface area contributed by atoms with E-state index in [2.05, 4.69) is 6.07 Å². The summed E-state index contributed by atoms with van der Waals surface area (Å²) in [5.41, 5.74) is 1.92. The summed E-state index contributed by atoms with van der Waals surface area (Å²) in [5.74, 6) is -0.370. The van der Waals surface area contributed by atoms with Crippen LogP contribution in [0.15, 0.2) is 0 Å². The van der Waals surface area contributed by atoms with Crippen LogP contribution < -0.4 is 0 Å². The van der Waals surface area contributed by atoms with Gasteiger partial charge in [-0.25, -0.2) is 4.79 Å². The topological polar surface area (TPSA) is 55.0 Å². The molecule has 0 fully saturated rings. The van der Waals surface area contributed by atoms with Crippen LogP contribution in [0.4, 0.5) is 0 Å². The maximum absolute atomic E-state index is 11.7. The second-order valence-corrected chi connectivity index (χ2v) is 4.31. The maximum Gasteiger partial charge on any atom is 0.356 e. The SMILES string of the molecule is CCOC(=O)c1c(I)c(C#N)c(CC)n1C. The van der Waals surface area contributed by atoms with Gasteiger partial charge in [-0.05, 0) is 35.9 Å². The molecule has 0 N–H and O–H groups in total. The maximum atomic E-state index is 11.7. The highest BCUT2D eigenvalue weighted by atomic mass is 127. The van der Waals surface area contributed by atoms with E-state index in [0.29, 0.717) is 21.4 Å². The number of nitrogens with zero attached hydrogens (tertiary/aromatic N) is 2. The third-order valence-corrected chi connectivity index (χ3v) is 3.42. The summed E-state index contributed by atoms with van der Waals surface area (Å²) in [6.07, 6.45) is 0.717. The highest BCUT2D eigenvalue weighted by Crippen LogP contribution is 2.24. The lowest BCUT2D eigenvalue weighted by molar-refractivity contribution is 0.0513. The van der Waals surface area contributed by atoms with Crippen molar-refractivity contribution in [3.05, 3.63) is 20.5 Å². The van der Waals surface area contributed by atoms with Crippen LogP contribution in [-0.4, -0.2) is 17.1 Å². The molecule has 0 bridgehead atoms. The van der Waals surface area contributed by atoms with E-state index in [4.69, 9.17) is 10.00 Å². The molecule has 0 aliphatic rings. The Bertz CT molecular complexity index is 458. The van der Waals surface area contributed by atoms with Gasteiger partial charge in [0.1, 0.15) is 11.8 Å². The first-order valence-electron chi connectivity index (χ1n) is 5.02. The van der Waals surface area contributed by atoms with Crippen LogP contribution in [0, 0.1) is 14.9 Å². The van der Waals surface area contributed by atoms with Crippen molar-refractivity contribution in [2.45, 2.75) is 20.3 Å². The Kier molecular flexibility index (Phi) is 4.35. The number of halogens is 1. The fraction of sp³-hybridized carbons (Fsp3) is 0.455. The fourth-order valence-electron chi connectivity index (χ4n) is 1.65. The first kappa shape index (κ1) is 13.0. The van der Waals surface area contributed by atoms with Crippen molar-refractivity contribution in [3.8, 4) is 6.07 Å². The number of hydrogen-bond donors (Lipinski definition) is 0. The zero-order chi connectivity index (χ0) is 12.3. The Labute approximate surface area is 108 Å². The van der Waals surface area contributed by atoms with E-state index in [-0.39, 0.29) is 5.97 Å².